The van der Waals surface area contributed by atoms with Gasteiger partial charge < -0.3 is 10.6 Å². The van der Waals surface area contributed by atoms with Crippen LogP contribution in [-0.4, -0.2) is 18.9 Å². The average Bonchev–Trinajstić information content (AvgIpc) is 2.29. The third-order valence-corrected chi connectivity index (χ3v) is 1.98. The Labute approximate surface area is 99.0 Å². The van der Waals surface area contributed by atoms with Gasteiger partial charge in [0.2, 0.25) is 0 Å². The van der Waals surface area contributed by atoms with Crippen molar-refractivity contribution in [3.05, 3.63) is 29.6 Å². The predicted molar refractivity (Wildman–Crippen MR) is 54.1 cm³/mol. The van der Waals surface area contributed by atoms with Gasteiger partial charge in [0.15, 0.2) is 0 Å². The van der Waals surface area contributed by atoms with E-state index in [0.717, 1.165) is 7.05 Å². The minimum atomic E-state index is -4.67. The number of carbonyl (C=O) groups excluding carboxylic acids is 2. The first-order valence-electron chi connectivity index (χ1n) is 4.65. The number of anilines is 1. The Morgan fingerprint density at radius 3 is 2.28 bits per heavy atom. The number of hydrogen-bond acceptors (Lipinski definition) is 2. The minimum Gasteiger partial charge on any atom is -0.351 e. The highest BCUT2D eigenvalue weighted by molar-refractivity contribution is 6.39. The van der Waals surface area contributed by atoms with Crippen LogP contribution in [0.3, 0.4) is 0 Å². The molecule has 1 aromatic rings. The number of hydrogen-bond donors (Lipinski definition) is 2. The molecule has 0 fully saturated rings. The van der Waals surface area contributed by atoms with Crippen molar-refractivity contribution in [3.63, 3.8) is 0 Å². The van der Waals surface area contributed by atoms with E-state index in [9.17, 15) is 27.2 Å². The van der Waals surface area contributed by atoms with Crippen LogP contribution in [0.2, 0.25) is 0 Å². The molecule has 18 heavy (non-hydrogen) atoms. The summed E-state index contributed by atoms with van der Waals surface area (Å²) >= 11 is 0. The maximum Gasteiger partial charge on any atom is 0.416 e. The van der Waals surface area contributed by atoms with Crippen LogP contribution in [0.1, 0.15) is 5.56 Å². The van der Waals surface area contributed by atoms with E-state index in [1.165, 1.54) is 0 Å². The first kappa shape index (κ1) is 13.9. The Hall–Kier alpha value is -2.12. The van der Waals surface area contributed by atoms with Crippen molar-refractivity contribution >= 4 is 17.5 Å². The summed E-state index contributed by atoms with van der Waals surface area (Å²) in [6.45, 7) is 0. The minimum absolute atomic E-state index is 0.413. The van der Waals surface area contributed by atoms with Gasteiger partial charge in [0.1, 0.15) is 5.82 Å². The number of amides is 2. The molecule has 2 amide bonds. The molecule has 0 saturated heterocycles. The van der Waals surface area contributed by atoms with Crippen molar-refractivity contribution in [2.75, 3.05) is 12.4 Å². The zero-order chi connectivity index (χ0) is 13.9. The van der Waals surface area contributed by atoms with E-state index in [1.807, 2.05) is 5.32 Å². The SMILES string of the molecule is CNC(=O)C(=O)Nc1cc(C(F)(F)F)ccc1F. The van der Waals surface area contributed by atoms with E-state index in [2.05, 4.69) is 0 Å². The lowest BCUT2D eigenvalue weighted by molar-refractivity contribution is -0.137. The number of alkyl halides is 3. The summed E-state index contributed by atoms with van der Waals surface area (Å²) in [5, 5.41) is 3.70. The fourth-order valence-electron chi connectivity index (χ4n) is 1.09. The number of rotatable bonds is 1. The summed E-state index contributed by atoms with van der Waals surface area (Å²) in [6, 6.07) is 1.50. The van der Waals surface area contributed by atoms with Crippen molar-refractivity contribution in [2.45, 2.75) is 6.18 Å². The topological polar surface area (TPSA) is 58.2 Å². The van der Waals surface area contributed by atoms with Crippen LogP contribution >= 0.6 is 0 Å². The van der Waals surface area contributed by atoms with Crippen LogP contribution in [0.25, 0.3) is 0 Å². The molecule has 8 heteroatoms. The van der Waals surface area contributed by atoms with Crippen molar-refractivity contribution in [2.24, 2.45) is 0 Å². The lowest BCUT2D eigenvalue weighted by Crippen LogP contribution is -2.33. The second-order valence-electron chi connectivity index (χ2n) is 3.23. The van der Waals surface area contributed by atoms with Gasteiger partial charge in [-0.2, -0.15) is 13.2 Å². The quantitative estimate of drug-likeness (QED) is 0.597. The number of benzene rings is 1. The van der Waals surface area contributed by atoms with E-state index in [1.54, 1.807) is 5.32 Å². The molecule has 0 radical (unpaired) electrons. The van der Waals surface area contributed by atoms with Crippen LogP contribution in [0, 0.1) is 5.82 Å². The molecule has 0 atom stereocenters. The summed E-state index contributed by atoms with van der Waals surface area (Å²) in [7, 11) is 1.16. The molecule has 4 nitrogen and oxygen atoms in total. The van der Waals surface area contributed by atoms with Crippen molar-refractivity contribution in [3.8, 4) is 0 Å². The van der Waals surface area contributed by atoms with Gasteiger partial charge in [-0.05, 0) is 18.2 Å². The highest BCUT2D eigenvalue weighted by Gasteiger charge is 2.31. The van der Waals surface area contributed by atoms with Gasteiger partial charge >= 0.3 is 18.0 Å². The fourth-order valence-corrected chi connectivity index (χ4v) is 1.09. The summed E-state index contributed by atoms with van der Waals surface area (Å²) in [5.41, 5.74) is -1.84. The molecule has 2 N–H and O–H groups in total. The largest absolute Gasteiger partial charge is 0.416 e. The molecule has 0 aliphatic rings. The highest BCUT2D eigenvalue weighted by Crippen LogP contribution is 2.31. The van der Waals surface area contributed by atoms with Crippen LogP contribution in [0.5, 0.6) is 0 Å². The monoisotopic (exact) mass is 264 g/mol. The van der Waals surface area contributed by atoms with Crippen LogP contribution < -0.4 is 10.6 Å². The maximum absolute atomic E-state index is 13.2. The van der Waals surface area contributed by atoms with E-state index in [-0.39, 0.29) is 0 Å². The van der Waals surface area contributed by atoms with E-state index in [0.29, 0.717) is 18.2 Å². The highest BCUT2D eigenvalue weighted by atomic mass is 19.4. The lowest BCUT2D eigenvalue weighted by atomic mass is 10.2. The molecule has 0 bridgehead atoms. The zero-order valence-electron chi connectivity index (χ0n) is 9.06. The third-order valence-electron chi connectivity index (χ3n) is 1.98. The maximum atomic E-state index is 13.2. The Kier molecular flexibility index (Phi) is 3.89. The molecular weight excluding hydrogens is 256 g/mol. The molecule has 0 aromatic heterocycles. The summed E-state index contributed by atoms with van der Waals surface area (Å²) in [4.78, 5) is 21.9. The normalized spacial score (nSPS) is 10.9. The van der Waals surface area contributed by atoms with Crippen LogP contribution in [0.4, 0.5) is 23.2 Å². The molecule has 0 heterocycles. The van der Waals surface area contributed by atoms with Gasteiger partial charge in [-0.15, -0.1) is 0 Å². The molecule has 0 saturated carbocycles. The third kappa shape index (κ3) is 3.19. The molecule has 0 aliphatic heterocycles. The molecular formula is C10H8F4N2O2. The summed E-state index contributed by atoms with van der Waals surface area (Å²) in [5.74, 6) is -3.41. The fraction of sp³-hybridized carbons (Fsp3) is 0.200. The Balaban J connectivity index is 3.02. The second kappa shape index (κ2) is 5.03. The van der Waals surface area contributed by atoms with Gasteiger partial charge in [0, 0.05) is 7.05 Å². The van der Waals surface area contributed by atoms with E-state index < -0.39 is 35.1 Å². The smallest absolute Gasteiger partial charge is 0.351 e. The summed E-state index contributed by atoms with van der Waals surface area (Å²) in [6.07, 6.45) is -4.67. The van der Waals surface area contributed by atoms with E-state index >= 15 is 0 Å². The van der Waals surface area contributed by atoms with Gasteiger partial charge in [-0.3, -0.25) is 9.59 Å². The van der Waals surface area contributed by atoms with Crippen molar-refractivity contribution in [1.82, 2.24) is 5.32 Å². The number of carbonyl (C=O) groups is 2. The predicted octanol–water partition coefficient (Wildman–Crippen LogP) is 1.53. The number of halogens is 4. The molecule has 98 valence electrons. The van der Waals surface area contributed by atoms with Crippen molar-refractivity contribution < 1.29 is 27.2 Å². The van der Waals surface area contributed by atoms with Gasteiger partial charge in [-0.1, -0.05) is 0 Å². The molecule has 0 spiro atoms. The van der Waals surface area contributed by atoms with E-state index in [4.69, 9.17) is 0 Å². The van der Waals surface area contributed by atoms with Gasteiger partial charge in [-0.25, -0.2) is 4.39 Å². The molecule has 0 unspecified atom stereocenters. The summed E-state index contributed by atoms with van der Waals surface area (Å²) < 4.78 is 50.2. The zero-order valence-corrected chi connectivity index (χ0v) is 9.06. The lowest BCUT2D eigenvalue weighted by Gasteiger charge is -2.10. The first-order chi connectivity index (χ1) is 8.25. The Morgan fingerprint density at radius 1 is 1.17 bits per heavy atom. The molecule has 0 aliphatic carbocycles. The van der Waals surface area contributed by atoms with Crippen LogP contribution in [-0.2, 0) is 15.8 Å². The Morgan fingerprint density at radius 2 is 1.78 bits per heavy atom. The van der Waals surface area contributed by atoms with Gasteiger partial charge in [0.05, 0.1) is 11.3 Å². The number of nitrogens with one attached hydrogen (secondary N) is 2. The molecule has 1 rings (SSSR count). The van der Waals surface area contributed by atoms with Crippen molar-refractivity contribution in [1.29, 1.82) is 0 Å². The van der Waals surface area contributed by atoms with Gasteiger partial charge in [0.25, 0.3) is 0 Å². The van der Waals surface area contributed by atoms with Crippen LogP contribution in [0.15, 0.2) is 18.2 Å². The molecule has 1 aromatic carbocycles. The second-order valence-corrected chi connectivity index (χ2v) is 3.23. The average molecular weight is 264 g/mol. The standard InChI is InChI=1S/C10H8F4N2O2/c1-15-8(17)9(18)16-7-4-5(10(12,13)14)2-3-6(7)11/h2-4H,1H3,(H,15,17)(H,16,18). The Bertz CT molecular complexity index is 485. The number of likely N-dealkylation sites (N-methyl/N-ethyl adjacent to an activating group) is 1. The first-order valence-corrected chi connectivity index (χ1v) is 4.65.